The third kappa shape index (κ3) is 3.05. The maximum Gasteiger partial charge on any atom is 0.145 e. The first-order valence-corrected chi connectivity index (χ1v) is 9.39. The number of hydrogen-bond donors (Lipinski definition) is 0. The molecular formula is C23H19N3O2. The minimum Gasteiger partial charge on any atom is -0.489 e. The number of imidazole rings is 1. The van der Waals surface area contributed by atoms with Crippen molar-refractivity contribution in [1.82, 2.24) is 14.4 Å². The predicted molar refractivity (Wildman–Crippen MR) is 106 cm³/mol. The smallest absolute Gasteiger partial charge is 0.145 e. The number of Topliss-reactive ketones (excluding diaryl/α,β-unsaturated/α-hetero) is 1. The van der Waals surface area contributed by atoms with Gasteiger partial charge in [0.1, 0.15) is 24.0 Å². The van der Waals surface area contributed by atoms with Crippen molar-refractivity contribution in [2.24, 2.45) is 0 Å². The van der Waals surface area contributed by atoms with Gasteiger partial charge in [-0.05, 0) is 17.7 Å². The number of hydrogen-bond acceptors (Lipinski definition) is 4. The van der Waals surface area contributed by atoms with Crippen LogP contribution in [0.5, 0.6) is 5.75 Å². The van der Waals surface area contributed by atoms with Crippen LogP contribution in [-0.2, 0) is 11.4 Å². The summed E-state index contributed by atoms with van der Waals surface area (Å²) >= 11 is 0. The van der Waals surface area contributed by atoms with E-state index in [9.17, 15) is 4.79 Å². The van der Waals surface area contributed by atoms with Gasteiger partial charge in [0.15, 0.2) is 0 Å². The Hall–Kier alpha value is -3.47. The van der Waals surface area contributed by atoms with Crippen LogP contribution in [0.15, 0.2) is 73.2 Å². The molecule has 1 aliphatic rings. The highest BCUT2D eigenvalue weighted by Gasteiger charge is 2.32. The van der Waals surface area contributed by atoms with Gasteiger partial charge >= 0.3 is 0 Å². The molecule has 0 amide bonds. The van der Waals surface area contributed by atoms with Crippen molar-refractivity contribution < 1.29 is 9.53 Å². The Labute approximate surface area is 162 Å². The molecule has 5 nitrogen and oxygen atoms in total. The third-order valence-electron chi connectivity index (χ3n) is 5.15. The van der Waals surface area contributed by atoms with Crippen molar-refractivity contribution in [1.29, 1.82) is 0 Å². The molecule has 0 saturated heterocycles. The van der Waals surface area contributed by atoms with Crippen LogP contribution in [0.2, 0.25) is 0 Å². The molecule has 0 radical (unpaired) electrons. The molecule has 0 bridgehead atoms. The molecule has 1 fully saturated rings. The van der Waals surface area contributed by atoms with Crippen molar-refractivity contribution >= 4 is 11.3 Å². The first-order chi connectivity index (χ1) is 13.8. The number of carbonyl (C=O) groups excluding carboxylic acids is 1. The van der Waals surface area contributed by atoms with E-state index < -0.39 is 0 Å². The second-order valence-corrected chi connectivity index (χ2v) is 7.10. The topological polar surface area (TPSA) is 56.5 Å². The summed E-state index contributed by atoms with van der Waals surface area (Å²) in [4.78, 5) is 20.6. The number of benzene rings is 2. The highest BCUT2D eigenvalue weighted by atomic mass is 16.5. The fourth-order valence-electron chi connectivity index (χ4n) is 3.61. The van der Waals surface area contributed by atoms with Gasteiger partial charge in [0, 0.05) is 36.7 Å². The number of ketones is 1. The second-order valence-electron chi connectivity index (χ2n) is 7.10. The molecule has 2 heterocycles. The van der Waals surface area contributed by atoms with Gasteiger partial charge in [-0.3, -0.25) is 14.2 Å². The Morgan fingerprint density at radius 3 is 2.75 bits per heavy atom. The fraction of sp³-hybridized carbons (Fsp3) is 0.174. The Kier molecular flexibility index (Phi) is 4.13. The molecule has 138 valence electrons. The lowest BCUT2D eigenvalue weighted by Crippen LogP contribution is -2.21. The van der Waals surface area contributed by atoms with Crippen LogP contribution in [0, 0.1) is 0 Å². The molecule has 4 aromatic rings. The molecule has 0 N–H and O–H groups in total. The molecule has 5 heteroatoms. The maximum atomic E-state index is 11.5. The van der Waals surface area contributed by atoms with Crippen molar-refractivity contribution in [2.45, 2.75) is 25.4 Å². The Bertz CT molecular complexity index is 1140. The van der Waals surface area contributed by atoms with E-state index in [0.717, 1.165) is 33.9 Å². The van der Waals surface area contributed by atoms with Gasteiger partial charge < -0.3 is 4.74 Å². The van der Waals surface area contributed by atoms with Gasteiger partial charge in [-0.25, -0.2) is 4.98 Å². The first kappa shape index (κ1) is 16.7. The summed E-state index contributed by atoms with van der Waals surface area (Å²) in [6, 6.07) is 18.1. The minimum absolute atomic E-state index is 0.193. The van der Waals surface area contributed by atoms with Crippen LogP contribution in [0.3, 0.4) is 0 Å². The molecular weight excluding hydrogens is 350 g/mol. The fourth-order valence-corrected chi connectivity index (χ4v) is 3.61. The van der Waals surface area contributed by atoms with Gasteiger partial charge in [0.25, 0.3) is 0 Å². The highest BCUT2D eigenvalue weighted by molar-refractivity contribution is 5.87. The van der Waals surface area contributed by atoms with E-state index in [-0.39, 0.29) is 5.92 Å². The van der Waals surface area contributed by atoms with Crippen LogP contribution in [0.1, 0.15) is 30.0 Å². The highest BCUT2D eigenvalue weighted by Crippen LogP contribution is 2.37. The van der Waals surface area contributed by atoms with Crippen LogP contribution in [-0.4, -0.2) is 20.2 Å². The lowest BCUT2D eigenvalue weighted by molar-refractivity contribution is -0.124. The molecule has 2 aromatic carbocycles. The average molecular weight is 369 g/mol. The number of nitrogens with zero attached hydrogens (tertiary/aromatic N) is 3. The van der Waals surface area contributed by atoms with E-state index in [1.54, 1.807) is 6.20 Å². The lowest BCUT2D eigenvalue weighted by Gasteiger charge is -2.22. The number of aromatic nitrogens is 3. The Morgan fingerprint density at radius 1 is 1.07 bits per heavy atom. The molecule has 0 spiro atoms. The van der Waals surface area contributed by atoms with Crippen molar-refractivity contribution in [2.75, 3.05) is 0 Å². The molecule has 28 heavy (non-hydrogen) atoms. The van der Waals surface area contributed by atoms with Crippen molar-refractivity contribution in [3.05, 3.63) is 84.4 Å². The largest absolute Gasteiger partial charge is 0.489 e. The van der Waals surface area contributed by atoms with Gasteiger partial charge in [-0.2, -0.15) is 0 Å². The zero-order chi connectivity index (χ0) is 18.9. The normalized spacial score (nSPS) is 14.2. The SMILES string of the molecule is O=C1CC(c2nc(-c3cccc(OCc4ccccc4)c3)n3ccncc23)C1. The van der Waals surface area contributed by atoms with E-state index in [1.807, 2.05) is 71.4 Å². The number of carbonyl (C=O) groups is 1. The summed E-state index contributed by atoms with van der Waals surface area (Å²) in [5.74, 6) is 2.13. The summed E-state index contributed by atoms with van der Waals surface area (Å²) in [5, 5.41) is 0. The monoisotopic (exact) mass is 369 g/mol. The standard InChI is InChI=1S/C23H19N3O2/c27-19-11-18(12-19)22-21-14-24-9-10-26(21)23(25-22)17-7-4-8-20(13-17)28-15-16-5-2-1-3-6-16/h1-10,13-14,18H,11-12,15H2. The average Bonchev–Trinajstić information content (AvgIpc) is 3.10. The number of fused-ring (bicyclic) bond motifs is 1. The van der Waals surface area contributed by atoms with Gasteiger partial charge in [-0.15, -0.1) is 0 Å². The van der Waals surface area contributed by atoms with Crippen LogP contribution in [0.4, 0.5) is 0 Å². The molecule has 1 aliphatic carbocycles. The molecule has 0 atom stereocenters. The predicted octanol–water partition coefficient (Wildman–Crippen LogP) is 4.42. The van der Waals surface area contributed by atoms with Gasteiger partial charge in [-0.1, -0.05) is 42.5 Å². The van der Waals surface area contributed by atoms with Crippen LogP contribution >= 0.6 is 0 Å². The van der Waals surface area contributed by atoms with E-state index in [0.29, 0.717) is 25.2 Å². The zero-order valence-electron chi connectivity index (χ0n) is 15.3. The second kappa shape index (κ2) is 6.93. The Balaban J connectivity index is 1.47. The summed E-state index contributed by atoms with van der Waals surface area (Å²) in [6.07, 6.45) is 6.63. The molecule has 0 aliphatic heterocycles. The van der Waals surface area contributed by atoms with Gasteiger partial charge in [0.05, 0.1) is 17.4 Å². The quantitative estimate of drug-likeness (QED) is 0.522. The minimum atomic E-state index is 0.193. The van der Waals surface area contributed by atoms with E-state index in [2.05, 4.69) is 4.98 Å². The summed E-state index contributed by atoms with van der Waals surface area (Å²) < 4.78 is 8.02. The summed E-state index contributed by atoms with van der Waals surface area (Å²) in [7, 11) is 0. The molecule has 1 saturated carbocycles. The van der Waals surface area contributed by atoms with Crippen molar-refractivity contribution in [3.63, 3.8) is 0 Å². The summed E-state index contributed by atoms with van der Waals surface area (Å²) in [6.45, 7) is 0.520. The molecule has 0 unspecified atom stereocenters. The van der Waals surface area contributed by atoms with E-state index in [4.69, 9.17) is 9.72 Å². The van der Waals surface area contributed by atoms with E-state index in [1.165, 1.54) is 0 Å². The molecule has 5 rings (SSSR count). The van der Waals surface area contributed by atoms with Crippen LogP contribution < -0.4 is 4.74 Å². The zero-order valence-corrected chi connectivity index (χ0v) is 15.3. The molecule has 2 aromatic heterocycles. The third-order valence-corrected chi connectivity index (χ3v) is 5.15. The summed E-state index contributed by atoms with van der Waals surface area (Å²) in [5.41, 5.74) is 4.02. The maximum absolute atomic E-state index is 11.5. The lowest BCUT2D eigenvalue weighted by atomic mass is 9.81. The number of rotatable bonds is 5. The van der Waals surface area contributed by atoms with Gasteiger partial charge in [0.2, 0.25) is 0 Å². The number of ether oxygens (including phenoxy) is 1. The van der Waals surface area contributed by atoms with Crippen LogP contribution in [0.25, 0.3) is 16.9 Å². The van der Waals surface area contributed by atoms with Crippen molar-refractivity contribution in [3.8, 4) is 17.1 Å². The van der Waals surface area contributed by atoms with E-state index >= 15 is 0 Å². The Morgan fingerprint density at radius 2 is 1.93 bits per heavy atom. The first-order valence-electron chi connectivity index (χ1n) is 9.39.